The first-order valence-corrected chi connectivity index (χ1v) is 8.70. The molecule has 3 aliphatic rings. The minimum atomic E-state index is 0.688. The van der Waals surface area contributed by atoms with Crippen LogP contribution in [0.5, 0.6) is 0 Å². The topological polar surface area (TPSA) is 3.24 Å². The maximum Gasteiger partial charge on any atom is 0.0272 e. The van der Waals surface area contributed by atoms with Gasteiger partial charge in [0.25, 0.3) is 0 Å². The van der Waals surface area contributed by atoms with E-state index in [-0.39, 0.29) is 0 Å². The zero-order chi connectivity index (χ0) is 13.4. The van der Waals surface area contributed by atoms with Gasteiger partial charge in [-0.1, -0.05) is 36.8 Å². The predicted molar refractivity (Wildman–Crippen MR) is 83.7 cm³/mol. The van der Waals surface area contributed by atoms with Crippen molar-refractivity contribution in [1.82, 2.24) is 4.90 Å². The summed E-state index contributed by atoms with van der Waals surface area (Å²) in [6.07, 6.45) is 11.6. The van der Waals surface area contributed by atoms with Crippen LogP contribution in [0.25, 0.3) is 0 Å². The summed E-state index contributed by atoms with van der Waals surface area (Å²) in [7, 11) is 0. The summed E-state index contributed by atoms with van der Waals surface area (Å²) in [6.45, 7) is 2.79. The minimum Gasteiger partial charge on any atom is -0.297 e. The second kappa shape index (κ2) is 5.18. The smallest absolute Gasteiger partial charge is 0.0272 e. The van der Waals surface area contributed by atoms with Gasteiger partial charge in [-0.3, -0.25) is 4.90 Å². The summed E-state index contributed by atoms with van der Waals surface area (Å²) in [6, 6.07) is 11.0. The molecule has 1 saturated heterocycles. The lowest BCUT2D eigenvalue weighted by Gasteiger charge is -2.27. The van der Waals surface area contributed by atoms with Crippen molar-refractivity contribution in [2.24, 2.45) is 11.8 Å². The van der Waals surface area contributed by atoms with E-state index in [0.717, 1.165) is 11.8 Å². The number of rotatable bonds is 5. The molecule has 3 atom stereocenters. The van der Waals surface area contributed by atoms with Crippen molar-refractivity contribution in [3.05, 3.63) is 35.9 Å². The van der Waals surface area contributed by atoms with Gasteiger partial charge < -0.3 is 0 Å². The first kappa shape index (κ1) is 12.9. The molecule has 2 aliphatic carbocycles. The van der Waals surface area contributed by atoms with E-state index in [9.17, 15) is 0 Å². The van der Waals surface area contributed by atoms with Gasteiger partial charge in [0.15, 0.2) is 0 Å². The number of fused-ring (bicyclic) bond motifs is 1. The van der Waals surface area contributed by atoms with Gasteiger partial charge in [-0.15, -0.1) is 0 Å². The van der Waals surface area contributed by atoms with Crippen LogP contribution in [0.1, 0.15) is 50.5 Å². The first-order valence-electron chi connectivity index (χ1n) is 8.70. The fraction of sp³-hybridized carbons (Fsp3) is 0.684. The lowest BCUT2D eigenvalue weighted by Crippen LogP contribution is -2.36. The van der Waals surface area contributed by atoms with E-state index in [0.29, 0.717) is 5.54 Å². The Labute approximate surface area is 123 Å². The Morgan fingerprint density at radius 2 is 1.85 bits per heavy atom. The van der Waals surface area contributed by atoms with Crippen LogP contribution in [0.4, 0.5) is 0 Å². The van der Waals surface area contributed by atoms with E-state index < -0.39 is 0 Å². The Kier molecular flexibility index (Phi) is 3.34. The molecule has 0 spiro atoms. The Morgan fingerprint density at radius 3 is 2.65 bits per heavy atom. The monoisotopic (exact) mass is 269 g/mol. The van der Waals surface area contributed by atoms with Crippen LogP contribution < -0.4 is 0 Å². The number of nitrogens with zero attached hydrogens (tertiary/aromatic N) is 1. The molecule has 1 heteroatoms. The Hall–Kier alpha value is -0.820. The SMILES string of the molecule is c1ccc(CCC[C@H]2[C@@H]3CCC[C@@]23N2CCCC2)cc1. The fourth-order valence-corrected chi connectivity index (χ4v) is 5.40. The molecule has 20 heavy (non-hydrogen) atoms. The Morgan fingerprint density at radius 1 is 1.05 bits per heavy atom. The van der Waals surface area contributed by atoms with Gasteiger partial charge in [0.05, 0.1) is 0 Å². The van der Waals surface area contributed by atoms with Gasteiger partial charge in [-0.05, 0) is 75.4 Å². The molecule has 2 saturated carbocycles. The highest BCUT2D eigenvalue weighted by atomic mass is 15.3. The molecule has 0 bridgehead atoms. The summed E-state index contributed by atoms with van der Waals surface area (Å²) in [4.78, 5) is 2.89. The van der Waals surface area contributed by atoms with Gasteiger partial charge >= 0.3 is 0 Å². The molecule has 1 aromatic carbocycles. The van der Waals surface area contributed by atoms with Crippen LogP contribution in [-0.4, -0.2) is 23.5 Å². The van der Waals surface area contributed by atoms with Gasteiger partial charge in [0.2, 0.25) is 0 Å². The third-order valence-electron chi connectivity index (χ3n) is 6.27. The zero-order valence-electron chi connectivity index (χ0n) is 12.6. The lowest BCUT2D eigenvalue weighted by atomic mass is 10.00. The maximum absolute atomic E-state index is 2.89. The highest BCUT2D eigenvalue weighted by Gasteiger charge is 2.68. The first-order chi connectivity index (χ1) is 9.91. The molecule has 1 aliphatic heterocycles. The van der Waals surface area contributed by atoms with E-state index >= 15 is 0 Å². The summed E-state index contributed by atoms with van der Waals surface area (Å²) in [5.74, 6) is 2.11. The average molecular weight is 269 g/mol. The summed E-state index contributed by atoms with van der Waals surface area (Å²) < 4.78 is 0. The van der Waals surface area contributed by atoms with Gasteiger partial charge in [-0.2, -0.15) is 0 Å². The molecule has 0 radical (unpaired) electrons. The number of hydrogen-bond donors (Lipinski definition) is 0. The van der Waals surface area contributed by atoms with Crippen molar-refractivity contribution in [1.29, 1.82) is 0 Å². The van der Waals surface area contributed by atoms with E-state index in [1.165, 1.54) is 70.0 Å². The molecule has 3 fully saturated rings. The number of hydrogen-bond acceptors (Lipinski definition) is 1. The number of benzene rings is 1. The highest BCUT2D eigenvalue weighted by molar-refractivity contribution is 5.22. The molecule has 0 unspecified atom stereocenters. The van der Waals surface area contributed by atoms with Crippen LogP contribution in [0.3, 0.4) is 0 Å². The quantitative estimate of drug-likeness (QED) is 0.771. The summed E-state index contributed by atoms with van der Waals surface area (Å²) >= 11 is 0. The van der Waals surface area contributed by atoms with Crippen molar-refractivity contribution in [2.45, 2.75) is 56.9 Å². The third kappa shape index (κ3) is 2.02. The van der Waals surface area contributed by atoms with E-state index in [1.54, 1.807) is 0 Å². The third-order valence-corrected chi connectivity index (χ3v) is 6.27. The van der Waals surface area contributed by atoms with Crippen molar-refractivity contribution < 1.29 is 0 Å². The van der Waals surface area contributed by atoms with Gasteiger partial charge in [0.1, 0.15) is 0 Å². The maximum atomic E-state index is 2.89. The molecule has 1 heterocycles. The van der Waals surface area contributed by atoms with E-state index in [2.05, 4.69) is 35.2 Å². The molecule has 1 nitrogen and oxygen atoms in total. The van der Waals surface area contributed by atoms with Crippen LogP contribution in [0, 0.1) is 11.8 Å². The fourth-order valence-electron chi connectivity index (χ4n) is 5.40. The van der Waals surface area contributed by atoms with Crippen LogP contribution >= 0.6 is 0 Å². The normalized spacial score (nSPS) is 36.2. The minimum absolute atomic E-state index is 0.688. The second-order valence-corrected chi connectivity index (χ2v) is 7.17. The molecular formula is C19H27N. The molecule has 0 aromatic heterocycles. The molecule has 1 aromatic rings. The Balaban J connectivity index is 1.34. The highest BCUT2D eigenvalue weighted by Crippen LogP contribution is 2.66. The zero-order valence-corrected chi connectivity index (χ0v) is 12.6. The summed E-state index contributed by atoms with van der Waals surface area (Å²) in [5.41, 5.74) is 2.21. The van der Waals surface area contributed by atoms with E-state index in [1.807, 2.05) is 0 Å². The van der Waals surface area contributed by atoms with Crippen molar-refractivity contribution in [3.8, 4) is 0 Å². The van der Waals surface area contributed by atoms with Gasteiger partial charge in [0, 0.05) is 5.54 Å². The number of likely N-dealkylation sites (tertiary alicyclic amines) is 1. The molecule has 0 N–H and O–H groups in total. The number of aryl methyl sites for hydroxylation is 1. The molecular weight excluding hydrogens is 242 g/mol. The Bertz CT molecular complexity index is 448. The van der Waals surface area contributed by atoms with Crippen molar-refractivity contribution in [2.75, 3.05) is 13.1 Å². The molecule has 0 amide bonds. The average Bonchev–Trinajstić information content (AvgIpc) is 2.95. The lowest BCUT2D eigenvalue weighted by molar-refractivity contribution is 0.192. The largest absolute Gasteiger partial charge is 0.297 e. The van der Waals surface area contributed by atoms with Crippen LogP contribution in [0.2, 0.25) is 0 Å². The summed E-state index contributed by atoms with van der Waals surface area (Å²) in [5, 5.41) is 0. The van der Waals surface area contributed by atoms with Crippen molar-refractivity contribution in [3.63, 3.8) is 0 Å². The van der Waals surface area contributed by atoms with Crippen LogP contribution in [-0.2, 0) is 6.42 Å². The predicted octanol–water partition coefficient (Wildman–Crippen LogP) is 4.27. The van der Waals surface area contributed by atoms with Crippen LogP contribution in [0.15, 0.2) is 30.3 Å². The standard InChI is InChI=1S/C19H27N/c1-2-8-16(9-3-1)10-6-11-17-18-12-7-13-19(17,18)20-14-4-5-15-20/h1-3,8-9,17-18H,4-7,10-15H2/t17-,18-,19+/m0/s1. The second-order valence-electron chi connectivity index (χ2n) is 7.17. The van der Waals surface area contributed by atoms with E-state index in [4.69, 9.17) is 0 Å². The molecule has 4 rings (SSSR count). The van der Waals surface area contributed by atoms with Crippen molar-refractivity contribution >= 4 is 0 Å². The van der Waals surface area contributed by atoms with Gasteiger partial charge in [-0.25, -0.2) is 0 Å². The molecule has 108 valence electrons.